The number of aromatic nitrogens is 4. The van der Waals surface area contributed by atoms with E-state index < -0.39 is 0 Å². The van der Waals surface area contributed by atoms with E-state index >= 15 is 0 Å². The summed E-state index contributed by atoms with van der Waals surface area (Å²) in [6.45, 7) is 5.19. The third-order valence-electron chi connectivity index (χ3n) is 3.44. The number of H-pyrrole nitrogens is 1. The van der Waals surface area contributed by atoms with Crippen molar-refractivity contribution in [2.45, 2.75) is 20.4 Å². The number of rotatable bonds is 3. The first-order valence-electron chi connectivity index (χ1n) is 6.46. The Balaban J connectivity index is 2.17. The lowest BCUT2D eigenvalue weighted by Crippen LogP contribution is -1.97. The Bertz CT molecular complexity index is 837. The Kier molecular flexibility index (Phi) is 3.23. The second-order valence-corrected chi connectivity index (χ2v) is 4.90. The first-order chi connectivity index (χ1) is 9.72. The van der Waals surface area contributed by atoms with Crippen molar-refractivity contribution < 1.29 is 0 Å². The lowest BCUT2D eigenvalue weighted by Gasteiger charge is -2.03. The van der Waals surface area contributed by atoms with Crippen LogP contribution in [-0.4, -0.2) is 25.7 Å². The van der Waals surface area contributed by atoms with Crippen LogP contribution in [0.1, 0.15) is 18.2 Å². The van der Waals surface area contributed by atoms with Crippen LogP contribution in [-0.2, 0) is 6.54 Å². The van der Waals surface area contributed by atoms with Gasteiger partial charge in [0.05, 0.1) is 6.21 Å². The molecule has 0 aliphatic rings. The molecule has 1 aromatic carbocycles. The highest BCUT2D eigenvalue weighted by atomic mass is 32.1. The number of hydrogen-bond acceptors (Lipinski definition) is 3. The number of benzene rings is 1. The summed E-state index contributed by atoms with van der Waals surface area (Å²) in [7, 11) is 0. The molecule has 6 heteroatoms. The van der Waals surface area contributed by atoms with Gasteiger partial charge in [-0.15, -0.1) is 0 Å². The van der Waals surface area contributed by atoms with E-state index in [-0.39, 0.29) is 0 Å². The monoisotopic (exact) mass is 285 g/mol. The fourth-order valence-electron chi connectivity index (χ4n) is 2.47. The van der Waals surface area contributed by atoms with Crippen LogP contribution in [0.15, 0.2) is 35.7 Å². The summed E-state index contributed by atoms with van der Waals surface area (Å²) in [6.07, 6.45) is 3.41. The third-order valence-corrected chi connectivity index (χ3v) is 3.72. The first-order valence-corrected chi connectivity index (χ1v) is 6.87. The summed E-state index contributed by atoms with van der Waals surface area (Å²) in [5.74, 6) is 0. The average molecular weight is 285 g/mol. The second-order valence-electron chi connectivity index (χ2n) is 4.51. The van der Waals surface area contributed by atoms with E-state index in [0.29, 0.717) is 4.77 Å². The fraction of sp³-hybridized carbons (Fsp3) is 0.214. The molecule has 0 saturated heterocycles. The molecule has 0 saturated carbocycles. The lowest BCUT2D eigenvalue weighted by atomic mass is 10.1. The molecule has 0 aliphatic carbocycles. The van der Waals surface area contributed by atoms with E-state index in [2.05, 4.69) is 51.9 Å². The number of para-hydroxylation sites is 1. The minimum Gasteiger partial charge on any atom is -0.344 e. The van der Waals surface area contributed by atoms with Gasteiger partial charge >= 0.3 is 0 Å². The highest BCUT2D eigenvalue weighted by Crippen LogP contribution is 2.24. The molecule has 102 valence electrons. The van der Waals surface area contributed by atoms with Crippen molar-refractivity contribution in [3.63, 3.8) is 0 Å². The second kappa shape index (κ2) is 5.05. The Morgan fingerprint density at radius 3 is 2.90 bits per heavy atom. The number of hydrogen-bond donors (Lipinski definition) is 1. The van der Waals surface area contributed by atoms with Gasteiger partial charge in [-0.25, -0.2) is 0 Å². The lowest BCUT2D eigenvalue weighted by molar-refractivity contribution is 0.768. The Hall–Kier alpha value is -2.21. The largest absolute Gasteiger partial charge is 0.344 e. The van der Waals surface area contributed by atoms with E-state index in [1.807, 2.05) is 12.3 Å². The minimum absolute atomic E-state index is 0.484. The molecule has 3 aromatic rings. The first kappa shape index (κ1) is 12.8. The van der Waals surface area contributed by atoms with Gasteiger partial charge in [-0.05, 0) is 32.1 Å². The summed E-state index contributed by atoms with van der Waals surface area (Å²) in [6, 6.07) is 8.35. The number of fused-ring (bicyclic) bond motifs is 1. The number of nitrogens with zero attached hydrogens (tertiary/aromatic N) is 4. The number of nitrogens with one attached hydrogen (secondary N) is 1. The normalized spacial score (nSPS) is 11.7. The van der Waals surface area contributed by atoms with Gasteiger partial charge in [-0.3, -0.25) is 5.10 Å². The summed E-state index contributed by atoms with van der Waals surface area (Å²) >= 11 is 5.08. The third kappa shape index (κ3) is 1.98. The molecule has 0 aliphatic heterocycles. The van der Waals surface area contributed by atoms with Crippen LogP contribution in [0.5, 0.6) is 0 Å². The predicted octanol–water partition coefficient (Wildman–Crippen LogP) is 3.11. The minimum atomic E-state index is 0.484. The molecule has 2 aromatic heterocycles. The topological polar surface area (TPSA) is 50.9 Å². The van der Waals surface area contributed by atoms with Gasteiger partial charge < -0.3 is 4.57 Å². The molecular formula is C14H15N5S. The van der Waals surface area contributed by atoms with Gasteiger partial charge in [0.15, 0.2) is 0 Å². The van der Waals surface area contributed by atoms with Crippen LogP contribution in [0, 0.1) is 11.7 Å². The Morgan fingerprint density at radius 2 is 2.20 bits per heavy atom. The van der Waals surface area contributed by atoms with E-state index in [4.69, 9.17) is 12.2 Å². The smallest absolute Gasteiger partial charge is 0.216 e. The van der Waals surface area contributed by atoms with E-state index in [0.717, 1.165) is 12.1 Å². The fourth-order valence-corrected chi connectivity index (χ4v) is 2.62. The Labute approximate surface area is 121 Å². The maximum Gasteiger partial charge on any atom is 0.216 e. The molecule has 2 heterocycles. The van der Waals surface area contributed by atoms with Crippen molar-refractivity contribution in [3.05, 3.63) is 46.6 Å². The molecule has 3 rings (SSSR count). The van der Waals surface area contributed by atoms with Crippen LogP contribution < -0.4 is 0 Å². The van der Waals surface area contributed by atoms with Crippen LogP contribution in [0.25, 0.3) is 10.9 Å². The van der Waals surface area contributed by atoms with Crippen molar-refractivity contribution in [3.8, 4) is 0 Å². The SMILES string of the molecule is CCn1c(C)c(/C=N\n2cn[nH]c2=S)c2ccccc21. The maximum absolute atomic E-state index is 5.08. The van der Waals surface area contributed by atoms with Gasteiger partial charge in [0.1, 0.15) is 6.33 Å². The van der Waals surface area contributed by atoms with Crippen LogP contribution in [0.4, 0.5) is 0 Å². The highest BCUT2D eigenvalue weighted by molar-refractivity contribution is 7.71. The zero-order valence-electron chi connectivity index (χ0n) is 11.4. The molecule has 0 radical (unpaired) electrons. The molecule has 0 bridgehead atoms. The average Bonchev–Trinajstić information content (AvgIpc) is 2.98. The summed E-state index contributed by atoms with van der Waals surface area (Å²) < 4.78 is 4.32. The van der Waals surface area contributed by atoms with Gasteiger partial charge in [0, 0.05) is 28.7 Å². The van der Waals surface area contributed by atoms with Crippen molar-refractivity contribution in [1.29, 1.82) is 0 Å². The quantitative estimate of drug-likeness (QED) is 0.594. The molecule has 0 unspecified atom stereocenters. The summed E-state index contributed by atoms with van der Waals surface area (Å²) in [4.78, 5) is 0. The maximum atomic E-state index is 5.08. The van der Waals surface area contributed by atoms with Crippen molar-refractivity contribution >= 4 is 29.3 Å². The van der Waals surface area contributed by atoms with Crippen LogP contribution in [0.3, 0.4) is 0 Å². The summed E-state index contributed by atoms with van der Waals surface area (Å²) in [5.41, 5.74) is 3.54. The standard InChI is InChI=1S/C14H15N5S/c1-3-18-10(2)12(11-6-4-5-7-13(11)18)8-16-19-9-15-17-14(19)20/h4-9H,3H2,1-2H3,(H,17,20)/b16-8-. The van der Waals surface area contributed by atoms with Gasteiger partial charge in [-0.2, -0.15) is 14.9 Å². The molecule has 20 heavy (non-hydrogen) atoms. The van der Waals surface area contributed by atoms with Gasteiger partial charge in [0.25, 0.3) is 0 Å². The van der Waals surface area contributed by atoms with Gasteiger partial charge in [0.2, 0.25) is 4.77 Å². The number of aryl methyl sites for hydroxylation is 1. The zero-order chi connectivity index (χ0) is 14.1. The van der Waals surface area contributed by atoms with Gasteiger partial charge in [-0.1, -0.05) is 18.2 Å². The van der Waals surface area contributed by atoms with Crippen LogP contribution >= 0.6 is 12.2 Å². The Morgan fingerprint density at radius 1 is 1.40 bits per heavy atom. The van der Waals surface area contributed by atoms with Crippen molar-refractivity contribution in [2.24, 2.45) is 5.10 Å². The molecule has 0 spiro atoms. The number of aromatic amines is 1. The van der Waals surface area contributed by atoms with E-state index in [1.165, 1.54) is 16.6 Å². The van der Waals surface area contributed by atoms with Crippen molar-refractivity contribution in [1.82, 2.24) is 19.4 Å². The molecule has 0 fully saturated rings. The predicted molar refractivity (Wildman–Crippen MR) is 82.8 cm³/mol. The molecule has 1 N–H and O–H groups in total. The molecular weight excluding hydrogens is 270 g/mol. The molecule has 0 amide bonds. The summed E-state index contributed by atoms with van der Waals surface area (Å²) in [5, 5.41) is 12.1. The zero-order valence-corrected chi connectivity index (χ0v) is 12.2. The van der Waals surface area contributed by atoms with Crippen LogP contribution in [0.2, 0.25) is 0 Å². The molecule has 0 atom stereocenters. The van der Waals surface area contributed by atoms with E-state index in [1.54, 1.807) is 11.0 Å². The van der Waals surface area contributed by atoms with Crippen molar-refractivity contribution in [2.75, 3.05) is 0 Å². The molecule has 5 nitrogen and oxygen atoms in total. The highest BCUT2D eigenvalue weighted by Gasteiger charge is 2.10. The van der Waals surface area contributed by atoms with E-state index in [9.17, 15) is 0 Å².